The van der Waals surface area contributed by atoms with Crippen molar-refractivity contribution in [2.24, 2.45) is 0 Å². The molecule has 13 heavy (non-hydrogen) atoms. The number of nitrogen functional groups attached to an aromatic ring is 1. The lowest BCUT2D eigenvalue weighted by molar-refractivity contribution is 1.35. The van der Waals surface area contributed by atoms with E-state index in [2.05, 4.69) is 29.9 Å². The highest BCUT2D eigenvalue weighted by Crippen LogP contribution is 2.17. The number of anilines is 1. The van der Waals surface area contributed by atoms with Crippen molar-refractivity contribution in [2.45, 2.75) is 13.8 Å². The topological polar surface area (TPSA) is 54.7 Å². The molecule has 0 fully saturated rings. The Bertz CT molecular complexity index is 395. The van der Waals surface area contributed by atoms with Crippen LogP contribution in [0.3, 0.4) is 0 Å². The fourth-order valence-electron chi connectivity index (χ4n) is 1.29. The Labute approximate surface area is 87.1 Å². The zero-order chi connectivity index (χ0) is 8.72. The molecule has 3 N–H and O–H groups in total. The standard InChI is InChI=1S/C9H11N3.BrH/c1-5-3-7-8(4-6(5)2)12-9(10)11-7;/h3-4H,1-2H3,(H3,10,11,12);1H. The predicted octanol–water partition coefficient (Wildman–Crippen LogP) is 2.34. The minimum atomic E-state index is 0. The molecule has 1 aromatic heterocycles. The second kappa shape index (κ2) is 3.38. The molecular weight excluding hydrogens is 230 g/mol. The number of nitrogens with one attached hydrogen (secondary N) is 1. The van der Waals surface area contributed by atoms with E-state index in [4.69, 9.17) is 5.73 Å². The molecule has 4 heteroatoms. The summed E-state index contributed by atoms with van der Waals surface area (Å²) in [6.07, 6.45) is 0. The molecule has 0 radical (unpaired) electrons. The number of aryl methyl sites for hydroxylation is 2. The maximum atomic E-state index is 5.52. The molecule has 0 aliphatic heterocycles. The van der Waals surface area contributed by atoms with Crippen molar-refractivity contribution in [2.75, 3.05) is 5.73 Å². The third-order valence-corrected chi connectivity index (χ3v) is 2.12. The fraction of sp³-hybridized carbons (Fsp3) is 0.222. The van der Waals surface area contributed by atoms with E-state index in [1.807, 2.05) is 6.07 Å². The maximum absolute atomic E-state index is 5.52. The number of benzene rings is 1. The number of nitrogens with two attached hydrogens (primary N) is 1. The zero-order valence-electron chi connectivity index (χ0n) is 7.59. The molecule has 2 aromatic rings. The van der Waals surface area contributed by atoms with Crippen LogP contribution in [0, 0.1) is 13.8 Å². The van der Waals surface area contributed by atoms with E-state index in [0.717, 1.165) is 11.0 Å². The van der Waals surface area contributed by atoms with Crippen molar-refractivity contribution in [3.05, 3.63) is 23.3 Å². The van der Waals surface area contributed by atoms with Crippen molar-refractivity contribution in [3.8, 4) is 0 Å². The fourth-order valence-corrected chi connectivity index (χ4v) is 1.29. The monoisotopic (exact) mass is 241 g/mol. The SMILES string of the molecule is Br.Cc1cc2nc(N)[nH]c2cc1C. The van der Waals surface area contributed by atoms with E-state index in [1.54, 1.807) is 0 Å². The summed E-state index contributed by atoms with van der Waals surface area (Å²) in [5.41, 5.74) is 9.97. The summed E-state index contributed by atoms with van der Waals surface area (Å²) in [4.78, 5) is 7.13. The van der Waals surface area contributed by atoms with Crippen molar-refractivity contribution in [1.29, 1.82) is 0 Å². The highest BCUT2D eigenvalue weighted by Gasteiger charge is 2.01. The molecule has 0 spiro atoms. The minimum Gasteiger partial charge on any atom is -0.369 e. The first-order valence-corrected chi connectivity index (χ1v) is 3.89. The van der Waals surface area contributed by atoms with Gasteiger partial charge in [-0.25, -0.2) is 4.98 Å². The third-order valence-electron chi connectivity index (χ3n) is 2.12. The van der Waals surface area contributed by atoms with Crippen LogP contribution in [0.15, 0.2) is 12.1 Å². The number of nitrogens with zero attached hydrogens (tertiary/aromatic N) is 1. The van der Waals surface area contributed by atoms with Crippen molar-refractivity contribution in [1.82, 2.24) is 9.97 Å². The largest absolute Gasteiger partial charge is 0.369 e. The summed E-state index contributed by atoms with van der Waals surface area (Å²) < 4.78 is 0. The van der Waals surface area contributed by atoms with Gasteiger partial charge in [0, 0.05) is 0 Å². The number of fused-ring (bicyclic) bond motifs is 1. The van der Waals surface area contributed by atoms with E-state index in [9.17, 15) is 0 Å². The van der Waals surface area contributed by atoms with Crippen molar-refractivity contribution in [3.63, 3.8) is 0 Å². The Balaban J connectivity index is 0.000000845. The summed E-state index contributed by atoms with van der Waals surface area (Å²) in [7, 11) is 0. The number of aromatic nitrogens is 2. The average Bonchev–Trinajstić information content (AvgIpc) is 2.30. The predicted molar refractivity (Wildman–Crippen MR) is 60.3 cm³/mol. The molecule has 2 rings (SSSR count). The summed E-state index contributed by atoms with van der Waals surface area (Å²) in [5.74, 6) is 0.481. The van der Waals surface area contributed by atoms with Crippen LogP contribution in [-0.2, 0) is 0 Å². The second-order valence-electron chi connectivity index (χ2n) is 3.08. The van der Waals surface area contributed by atoms with Gasteiger partial charge in [-0.15, -0.1) is 17.0 Å². The van der Waals surface area contributed by atoms with Gasteiger partial charge in [-0.05, 0) is 37.1 Å². The lowest BCUT2D eigenvalue weighted by Crippen LogP contribution is -1.84. The first-order chi connectivity index (χ1) is 5.66. The van der Waals surface area contributed by atoms with Crippen LogP contribution >= 0.6 is 17.0 Å². The van der Waals surface area contributed by atoms with Gasteiger partial charge in [-0.3, -0.25) is 0 Å². The van der Waals surface area contributed by atoms with Crippen LogP contribution in [-0.4, -0.2) is 9.97 Å². The molecule has 0 aliphatic carbocycles. The van der Waals surface area contributed by atoms with Gasteiger partial charge in [0.25, 0.3) is 0 Å². The van der Waals surface area contributed by atoms with Crippen LogP contribution in [0.25, 0.3) is 11.0 Å². The molecule has 3 nitrogen and oxygen atoms in total. The van der Waals surface area contributed by atoms with Crippen molar-refractivity contribution >= 4 is 34.0 Å². The van der Waals surface area contributed by atoms with Gasteiger partial charge >= 0.3 is 0 Å². The van der Waals surface area contributed by atoms with E-state index in [0.29, 0.717) is 5.95 Å². The number of aromatic amines is 1. The van der Waals surface area contributed by atoms with E-state index in [-0.39, 0.29) is 17.0 Å². The zero-order valence-corrected chi connectivity index (χ0v) is 9.30. The van der Waals surface area contributed by atoms with Gasteiger partial charge in [-0.1, -0.05) is 0 Å². The van der Waals surface area contributed by atoms with E-state index in [1.165, 1.54) is 11.1 Å². The van der Waals surface area contributed by atoms with E-state index >= 15 is 0 Å². The number of halogens is 1. The quantitative estimate of drug-likeness (QED) is 0.744. The number of imidazole rings is 1. The molecule has 0 atom stereocenters. The Morgan fingerprint density at radius 1 is 1.23 bits per heavy atom. The lowest BCUT2D eigenvalue weighted by Gasteiger charge is -1.97. The summed E-state index contributed by atoms with van der Waals surface area (Å²) in [6.45, 7) is 4.14. The molecule has 0 saturated carbocycles. The van der Waals surface area contributed by atoms with Gasteiger partial charge in [0.15, 0.2) is 5.95 Å². The van der Waals surface area contributed by atoms with E-state index < -0.39 is 0 Å². The molecule has 1 heterocycles. The van der Waals surface area contributed by atoms with Gasteiger partial charge in [0.05, 0.1) is 11.0 Å². The Kier molecular flexibility index (Phi) is 2.61. The van der Waals surface area contributed by atoms with Crippen LogP contribution in [0.4, 0.5) is 5.95 Å². The number of H-pyrrole nitrogens is 1. The van der Waals surface area contributed by atoms with Crippen LogP contribution in [0.2, 0.25) is 0 Å². The number of rotatable bonds is 0. The van der Waals surface area contributed by atoms with Gasteiger partial charge < -0.3 is 10.7 Å². The van der Waals surface area contributed by atoms with Crippen LogP contribution in [0.1, 0.15) is 11.1 Å². The first kappa shape index (κ1) is 10.1. The van der Waals surface area contributed by atoms with Crippen molar-refractivity contribution < 1.29 is 0 Å². The molecule has 0 unspecified atom stereocenters. The molecule has 0 amide bonds. The number of hydrogen-bond acceptors (Lipinski definition) is 2. The molecule has 0 aliphatic rings. The summed E-state index contributed by atoms with van der Waals surface area (Å²) >= 11 is 0. The summed E-state index contributed by atoms with van der Waals surface area (Å²) in [5, 5.41) is 0. The van der Waals surface area contributed by atoms with Crippen LogP contribution < -0.4 is 5.73 Å². The Morgan fingerprint density at radius 3 is 2.54 bits per heavy atom. The first-order valence-electron chi connectivity index (χ1n) is 3.89. The van der Waals surface area contributed by atoms with Gasteiger partial charge in [-0.2, -0.15) is 0 Å². The smallest absolute Gasteiger partial charge is 0.198 e. The second-order valence-corrected chi connectivity index (χ2v) is 3.08. The van der Waals surface area contributed by atoms with Gasteiger partial charge in [0.1, 0.15) is 0 Å². The highest BCUT2D eigenvalue weighted by molar-refractivity contribution is 8.93. The highest BCUT2D eigenvalue weighted by atomic mass is 79.9. The average molecular weight is 242 g/mol. The lowest BCUT2D eigenvalue weighted by atomic mass is 10.1. The Morgan fingerprint density at radius 2 is 1.85 bits per heavy atom. The van der Waals surface area contributed by atoms with Crippen LogP contribution in [0.5, 0.6) is 0 Å². The third kappa shape index (κ3) is 1.67. The molecular formula is C9H12BrN3. The molecule has 70 valence electrons. The molecule has 0 bridgehead atoms. The van der Waals surface area contributed by atoms with Gasteiger partial charge in [0.2, 0.25) is 0 Å². The maximum Gasteiger partial charge on any atom is 0.198 e. The normalized spacial score (nSPS) is 10.0. The molecule has 0 saturated heterocycles. The molecule has 1 aromatic carbocycles. The Hall–Kier alpha value is -1.03. The number of hydrogen-bond donors (Lipinski definition) is 2. The minimum absolute atomic E-state index is 0. The summed E-state index contributed by atoms with van der Waals surface area (Å²) in [6, 6.07) is 4.10.